The summed E-state index contributed by atoms with van der Waals surface area (Å²) in [4.78, 5) is 14.4. The Morgan fingerprint density at radius 3 is 2.50 bits per heavy atom. The Balaban J connectivity index is 1.85. The quantitative estimate of drug-likeness (QED) is 0.912. The summed E-state index contributed by atoms with van der Waals surface area (Å²) in [7, 11) is 0. The van der Waals surface area contributed by atoms with Crippen molar-refractivity contribution < 1.29 is 9.53 Å². The van der Waals surface area contributed by atoms with Gasteiger partial charge in [-0.1, -0.05) is 30.3 Å². The first-order chi connectivity index (χ1) is 9.56. The summed E-state index contributed by atoms with van der Waals surface area (Å²) in [6, 6.07) is 9.86. The zero-order valence-electron chi connectivity index (χ0n) is 12.5. The zero-order valence-corrected chi connectivity index (χ0v) is 12.5. The molecular weight excluding hydrogens is 252 g/mol. The largest absolute Gasteiger partial charge is 0.373 e. The summed E-state index contributed by atoms with van der Waals surface area (Å²) in [6.45, 7) is 8.27. The fourth-order valence-corrected chi connectivity index (χ4v) is 2.63. The topological polar surface area (TPSA) is 41.6 Å². The van der Waals surface area contributed by atoms with Gasteiger partial charge in [-0.2, -0.15) is 0 Å². The molecule has 2 rings (SSSR count). The summed E-state index contributed by atoms with van der Waals surface area (Å²) in [6.07, 6.45) is 0.367. The standard InChI is InChI=1S/C16H24N2O2/c1-12-10-18(11-13(2)20-12)14(3)16(19)17-9-15-7-5-4-6-8-15/h4-8,12-14H,9-11H2,1-3H3,(H,17,19). The van der Waals surface area contributed by atoms with Gasteiger partial charge < -0.3 is 10.1 Å². The molecule has 0 saturated carbocycles. The van der Waals surface area contributed by atoms with E-state index in [1.807, 2.05) is 37.3 Å². The van der Waals surface area contributed by atoms with Crippen molar-refractivity contribution in [1.29, 1.82) is 0 Å². The molecule has 4 nitrogen and oxygen atoms in total. The Hall–Kier alpha value is -1.39. The molecule has 1 aromatic rings. The van der Waals surface area contributed by atoms with Crippen molar-refractivity contribution in [2.75, 3.05) is 13.1 Å². The molecule has 1 saturated heterocycles. The van der Waals surface area contributed by atoms with Crippen LogP contribution in [-0.2, 0) is 16.1 Å². The molecule has 1 aromatic carbocycles. The molecule has 110 valence electrons. The van der Waals surface area contributed by atoms with Crippen LogP contribution in [0, 0.1) is 0 Å². The number of nitrogens with one attached hydrogen (secondary N) is 1. The molecule has 0 spiro atoms. The van der Waals surface area contributed by atoms with Crippen LogP contribution in [0.2, 0.25) is 0 Å². The van der Waals surface area contributed by atoms with E-state index in [1.54, 1.807) is 0 Å². The number of rotatable bonds is 4. The average molecular weight is 276 g/mol. The van der Waals surface area contributed by atoms with Crippen LogP contribution in [-0.4, -0.2) is 42.1 Å². The second-order valence-corrected chi connectivity index (χ2v) is 5.59. The van der Waals surface area contributed by atoms with Crippen molar-refractivity contribution in [3.05, 3.63) is 35.9 Å². The number of carbonyl (C=O) groups excluding carboxylic acids is 1. The van der Waals surface area contributed by atoms with Crippen molar-refractivity contribution in [3.8, 4) is 0 Å². The van der Waals surface area contributed by atoms with Gasteiger partial charge in [0.05, 0.1) is 18.2 Å². The minimum Gasteiger partial charge on any atom is -0.373 e. The number of ether oxygens (including phenoxy) is 1. The number of benzene rings is 1. The van der Waals surface area contributed by atoms with E-state index in [4.69, 9.17) is 4.74 Å². The fraction of sp³-hybridized carbons (Fsp3) is 0.562. The number of nitrogens with zero attached hydrogens (tertiary/aromatic N) is 1. The van der Waals surface area contributed by atoms with Crippen LogP contribution in [0.4, 0.5) is 0 Å². The highest BCUT2D eigenvalue weighted by Gasteiger charge is 2.28. The first-order valence-corrected chi connectivity index (χ1v) is 7.27. The van der Waals surface area contributed by atoms with Crippen LogP contribution in [0.1, 0.15) is 26.3 Å². The highest BCUT2D eigenvalue weighted by Crippen LogP contribution is 2.13. The second kappa shape index (κ2) is 6.86. The molecule has 1 aliphatic rings. The lowest BCUT2D eigenvalue weighted by molar-refractivity contribution is -0.131. The van der Waals surface area contributed by atoms with Gasteiger partial charge in [0.1, 0.15) is 0 Å². The Bertz CT molecular complexity index is 425. The molecule has 0 bridgehead atoms. The van der Waals surface area contributed by atoms with Gasteiger partial charge in [0.15, 0.2) is 0 Å². The maximum absolute atomic E-state index is 12.2. The highest BCUT2D eigenvalue weighted by atomic mass is 16.5. The maximum Gasteiger partial charge on any atom is 0.237 e. The highest BCUT2D eigenvalue weighted by molar-refractivity contribution is 5.81. The number of amides is 1. The summed E-state index contributed by atoms with van der Waals surface area (Å²) >= 11 is 0. The second-order valence-electron chi connectivity index (χ2n) is 5.59. The molecular formula is C16H24N2O2. The number of morpholine rings is 1. The molecule has 3 unspecified atom stereocenters. The Labute approximate surface area is 121 Å². The molecule has 0 aromatic heterocycles. The first kappa shape index (κ1) is 15.0. The third kappa shape index (κ3) is 4.05. The van der Waals surface area contributed by atoms with Gasteiger partial charge in [0.2, 0.25) is 5.91 Å². The molecule has 0 radical (unpaired) electrons. The van der Waals surface area contributed by atoms with Gasteiger partial charge in [0.25, 0.3) is 0 Å². The monoisotopic (exact) mass is 276 g/mol. The van der Waals surface area contributed by atoms with Crippen LogP contribution in [0.25, 0.3) is 0 Å². The Morgan fingerprint density at radius 2 is 1.90 bits per heavy atom. The Kier molecular flexibility index (Phi) is 5.15. The van der Waals surface area contributed by atoms with Crippen molar-refractivity contribution in [1.82, 2.24) is 10.2 Å². The smallest absolute Gasteiger partial charge is 0.237 e. The summed E-state index contributed by atoms with van der Waals surface area (Å²) in [5.74, 6) is 0.0788. The van der Waals surface area contributed by atoms with Crippen LogP contribution in [0.15, 0.2) is 30.3 Å². The molecule has 3 atom stereocenters. The average Bonchev–Trinajstić information content (AvgIpc) is 2.44. The maximum atomic E-state index is 12.2. The first-order valence-electron chi connectivity index (χ1n) is 7.27. The van der Waals surface area contributed by atoms with Gasteiger partial charge in [0, 0.05) is 19.6 Å². The van der Waals surface area contributed by atoms with Crippen molar-refractivity contribution >= 4 is 5.91 Å². The van der Waals surface area contributed by atoms with E-state index in [2.05, 4.69) is 24.1 Å². The lowest BCUT2D eigenvalue weighted by atomic mass is 10.1. The van der Waals surface area contributed by atoms with Gasteiger partial charge in [-0.05, 0) is 26.3 Å². The lowest BCUT2D eigenvalue weighted by Crippen LogP contribution is -2.53. The molecule has 4 heteroatoms. The Morgan fingerprint density at radius 1 is 1.30 bits per heavy atom. The summed E-state index contributed by atoms with van der Waals surface area (Å²) < 4.78 is 5.70. The number of hydrogen-bond acceptors (Lipinski definition) is 3. The van der Waals surface area contributed by atoms with E-state index < -0.39 is 0 Å². The van der Waals surface area contributed by atoms with Crippen molar-refractivity contribution in [2.24, 2.45) is 0 Å². The SMILES string of the molecule is CC1CN(C(C)C(=O)NCc2ccccc2)CC(C)O1. The van der Waals surface area contributed by atoms with Crippen LogP contribution in [0.3, 0.4) is 0 Å². The van der Waals surface area contributed by atoms with Gasteiger partial charge in [-0.15, -0.1) is 0 Å². The minimum absolute atomic E-state index is 0.0788. The molecule has 1 N–H and O–H groups in total. The third-order valence-corrected chi connectivity index (χ3v) is 3.68. The molecule has 0 aliphatic carbocycles. The zero-order chi connectivity index (χ0) is 14.5. The van der Waals surface area contributed by atoms with E-state index in [0.29, 0.717) is 6.54 Å². The predicted molar refractivity (Wildman–Crippen MR) is 79.3 cm³/mol. The third-order valence-electron chi connectivity index (χ3n) is 3.68. The van der Waals surface area contributed by atoms with Crippen molar-refractivity contribution in [3.63, 3.8) is 0 Å². The van der Waals surface area contributed by atoms with Crippen LogP contribution >= 0.6 is 0 Å². The molecule has 1 heterocycles. The molecule has 1 aliphatic heterocycles. The van der Waals surface area contributed by atoms with Gasteiger partial charge in [-0.25, -0.2) is 0 Å². The fourth-order valence-electron chi connectivity index (χ4n) is 2.63. The van der Waals surface area contributed by atoms with E-state index in [9.17, 15) is 4.79 Å². The van der Waals surface area contributed by atoms with E-state index >= 15 is 0 Å². The van der Waals surface area contributed by atoms with E-state index in [1.165, 1.54) is 0 Å². The normalized spacial score (nSPS) is 25.1. The molecule has 1 fully saturated rings. The minimum atomic E-state index is -0.118. The van der Waals surface area contributed by atoms with E-state index in [0.717, 1.165) is 18.7 Å². The summed E-state index contributed by atoms with van der Waals surface area (Å²) in [5.41, 5.74) is 1.12. The predicted octanol–water partition coefficient (Wildman–Crippen LogP) is 1.80. The molecule has 1 amide bonds. The van der Waals surface area contributed by atoms with Gasteiger partial charge in [-0.3, -0.25) is 9.69 Å². The number of hydrogen-bond donors (Lipinski definition) is 1. The van der Waals surface area contributed by atoms with Crippen molar-refractivity contribution in [2.45, 2.75) is 45.6 Å². The van der Waals surface area contributed by atoms with Crippen LogP contribution < -0.4 is 5.32 Å². The summed E-state index contributed by atoms with van der Waals surface area (Å²) in [5, 5.41) is 3.00. The van der Waals surface area contributed by atoms with Gasteiger partial charge >= 0.3 is 0 Å². The number of carbonyl (C=O) groups is 1. The van der Waals surface area contributed by atoms with E-state index in [-0.39, 0.29) is 24.2 Å². The van der Waals surface area contributed by atoms with Crippen LogP contribution in [0.5, 0.6) is 0 Å². The molecule has 20 heavy (non-hydrogen) atoms. The lowest BCUT2D eigenvalue weighted by Gasteiger charge is -2.38.